The quantitative estimate of drug-likeness (QED) is 0.814. The Bertz CT molecular complexity index is 645. The third-order valence-electron chi connectivity index (χ3n) is 3.27. The third kappa shape index (κ3) is 5.33. The zero-order chi connectivity index (χ0) is 16.0. The molecule has 0 aromatic heterocycles. The van der Waals surface area contributed by atoms with Crippen LogP contribution in [0.1, 0.15) is 26.3 Å². The van der Waals surface area contributed by atoms with Crippen molar-refractivity contribution in [3.8, 4) is 11.8 Å². The van der Waals surface area contributed by atoms with Crippen LogP contribution in [0, 0.1) is 23.7 Å². The predicted molar refractivity (Wildman–Crippen MR) is 84.6 cm³/mol. The Morgan fingerprint density at radius 3 is 2.52 bits per heavy atom. The zero-order valence-corrected chi connectivity index (χ0v) is 13.9. The summed E-state index contributed by atoms with van der Waals surface area (Å²) in [6.07, 6.45) is 0. The smallest absolute Gasteiger partial charge is 0.242 e. The van der Waals surface area contributed by atoms with Crippen molar-refractivity contribution in [2.45, 2.75) is 25.7 Å². The van der Waals surface area contributed by atoms with Crippen molar-refractivity contribution in [2.24, 2.45) is 11.8 Å². The van der Waals surface area contributed by atoms with Gasteiger partial charge >= 0.3 is 0 Å². The second kappa shape index (κ2) is 7.81. The van der Waals surface area contributed by atoms with Crippen molar-refractivity contribution >= 4 is 21.6 Å². The van der Waals surface area contributed by atoms with Crippen molar-refractivity contribution in [1.82, 2.24) is 4.72 Å². The lowest BCUT2D eigenvalue weighted by Gasteiger charge is -2.16. The summed E-state index contributed by atoms with van der Waals surface area (Å²) >= 11 is 6.02. The van der Waals surface area contributed by atoms with E-state index in [1.54, 1.807) is 6.07 Å². The van der Waals surface area contributed by atoms with Gasteiger partial charge < -0.3 is 5.11 Å². The molecular weight excluding hydrogens is 310 g/mol. The summed E-state index contributed by atoms with van der Waals surface area (Å²) in [6, 6.07) is 4.46. The Labute approximate surface area is 131 Å². The number of sulfonamides is 1. The molecule has 0 aliphatic rings. The highest BCUT2D eigenvalue weighted by Crippen LogP contribution is 2.22. The monoisotopic (exact) mass is 329 g/mol. The first-order chi connectivity index (χ1) is 9.77. The second-order valence-electron chi connectivity index (χ2n) is 5.18. The Kier molecular flexibility index (Phi) is 6.69. The van der Waals surface area contributed by atoms with E-state index in [9.17, 15) is 8.42 Å². The number of benzene rings is 1. The van der Waals surface area contributed by atoms with Gasteiger partial charge in [-0.3, -0.25) is 0 Å². The van der Waals surface area contributed by atoms with Gasteiger partial charge in [0.2, 0.25) is 10.0 Å². The van der Waals surface area contributed by atoms with Gasteiger partial charge in [0.15, 0.2) is 0 Å². The molecular formula is C15H20ClNO3S. The lowest BCUT2D eigenvalue weighted by Crippen LogP contribution is -2.30. The number of aliphatic hydroxyl groups is 1. The fourth-order valence-electron chi connectivity index (χ4n) is 1.49. The summed E-state index contributed by atoms with van der Waals surface area (Å²) in [5, 5.41) is 8.75. The van der Waals surface area contributed by atoms with Crippen LogP contribution < -0.4 is 4.72 Å². The van der Waals surface area contributed by atoms with Crippen LogP contribution in [0.3, 0.4) is 0 Å². The molecule has 1 atom stereocenters. The van der Waals surface area contributed by atoms with Crippen LogP contribution in [-0.2, 0) is 10.0 Å². The summed E-state index contributed by atoms with van der Waals surface area (Å²) in [5.41, 5.74) is 0.559. The first kappa shape index (κ1) is 18.0. The maximum absolute atomic E-state index is 12.2. The molecule has 6 heteroatoms. The van der Waals surface area contributed by atoms with E-state index in [0.29, 0.717) is 18.0 Å². The van der Waals surface area contributed by atoms with E-state index in [-0.39, 0.29) is 22.4 Å². The van der Waals surface area contributed by atoms with E-state index in [0.717, 1.165) is 0 Å². The SMILES string of the molecule is CC(C)C(C)CNS(=O)(=O)c1ccc(C#CCO)cc1Cl. The van der Waals surface area contributed by atoms with E-state index in [2.05, 4.69) is 16.6 Å². The molecule has 0 bridgehead atoms. The summed E-state index contributed by atoms with van der Waals surface area (Å²) in [5.74, 6) is 5.78. The highest BCUT2D eigenvalue weighted by molar-refractivity contribution is 7.89. The highest BCUT2D eigenvalue weighted by Gasteiger charge is 2.19. The summed E-state index contributed by atoms with van der Waals surface area (Å²) in [4.78, 5) is 0.0367. The Balaban J connectivity index is 2.94. The van der Waals surface area contributed by atoms with E-state index in [4.69, 9.17) is 16.7 Å². The molecule has 0 radical (unpaired) electrons. The average Bonchev–Trinajstić information content (AvgIpc) is 2.42. The van der Waals surface area contributed by atoms with Crippen LogP contribution >= 0.6 is 11.6 Å². The van der Waals surface area contributed by atoms with Crippen LogP contribution in [0.15, 0.2) is 23.1 Å². The van der Waals surface area contributed by atoms with Crippen LogP contribution in [0.2, 0.25) is 5.02 Å². The molecule has 0 aliphatic heterocycles. The molecule has 1 aromatic rings. The lowest BCUT2D eigenvalue weighted by molar-refractivity contribution is 0.350. The molecule has 0 heterocycles. The van der Waals surface area contributed by atoms with Gasteiger partial charge in [0.25, 0.3) is 0 Å². The third-order valence-corrected chi connectivity index (χ3v) is 5.17. The van der Waals surface area contributed by atoms with Crippen molar-refractivity contribution < 1.29 is 13.5 Å². The van der Waals surface area contributed by atoms with Crippen LogP contribution in [0.25, 0.3) is 0 Å². The first-order valence-electron chi connectivity index (χ1n) is 6.67. The minimum absolute atomic E-state index is 0.0367. The van der Waals surface area contributed by atoms with Gasteiger partial charge in [-0.25, -0.2) is 13.1 Å². The highest BCUT2D eigenvalue weighted by atomic mass is 35.5. The maximum atomic E-state index is 12.2. The van der Waals surface area contributed by atoms with Gasteiger partial charge in [0.05, 0.1) is 5.02 Å². The predicted octanol–water partition coefficient (Wildman–Crippen LogP) is 2.25. The fraction of sp³-hybridized carbons (Fsp3) is 0.467. The van der Waals surface area contributed by atoms with E-state index >= 15 is 0 Å². The Hall–Kier alpha value is -1.06. The molecule has 0 saturated heterocycles. The second-order valence-corrected chi connectivity index (χ2v) is 7.32. The van der Waals surface area contributed by atoms with E-state index in [1.807, 2.05) is 20.8 Å². The molecule has 21 heavy (non-hydrogen) atoms. The normalized spacial score (nSPS) is 12.9. The molecule has 0 fully saturated rings. The Morgan fingerprint density at radius 1 is 1.33 bits per heavy atom. The van der Waals surface area contributed by atoms with Crippen molar-refractivity contribution in [3.05, 3.63) is 28.8 Å². The molecule has 2 N–H and O–H groups in total. The van der Waals surface area contributed by atoms with Crippen molar-refractivity contribution in [3.63, 3.8) is 0 Å². The molecule has 0 spiro atoms. The van der Waals surface area contributed by atoms with Gasteiger partial charge in [-0.1, -0.05) is 44.2 Å². The summed E-state index contributed by atoms with van der Waals surface area (Å²) in [6.45, 7) is 6.18. The van der Waals surface area contributed by atoms with Gasteiger partial charge in [-0.2, -0.15) is 0 Å². The molecule has 0 aliphatic carbocycles. The number of rotatable bonds is 5. The molecule has 116 valence electrons. The number of aliphatic hydroxyl groups excluding tert-OH is 1. The molecule has 0 amide bonds. The van der Waals surface area contributed by atoms with E-state index < -0.39 is 10.0 Å². The Morgan fingerprint density at radius 2 is 2.00 bits per heavy atom. The van der Waals surface area contributed by atoms with Gasteiger partial charge in [0, 0.05) is 12.1 Å². The molecule has 4 nitrogen and oxygen atoms in total. The molecule has 1 unspecified atom stereocenters. The van der Waals surface area contributed by atoms with Crippen molar-refractivity contribution in [1.29, 1.82) is 0 Å². The van der Waals surface area contributed by atoms with Crippen molar-refractivity contribution in [2.75, 3.05) is 13.2 Å². The minimum Gasteiger partial charge on any atom is -0.384 e. The zero-order valence-electron chi connectivity index (χ0n) is 12.4. The van der Waals surface area contributed by atoms with Crippen LogP contribution in [0.4, 0.5) is 0 Å². The number of hydrogen-bond acceptors (Lipinski definition) is 3. The largest absolute Gasteiger partial charge is 0.384 e. The standard InChI is InChI=1S/C15H20ClNO3S/c1-11(2)12(3)10-17-21(19,20)15-7-6-13(5-4-8-18)9-14(15)16/h6-7,9,11-12,17-18H,8,10H2,1-3H3. The average molecular weight is 330 g/mol. The van der Waals surface area contributed by atoms with E-state index in [1.165, 1.54) is 12.1 Å². The van der Waals surface area contributed by atoms with Crippen LogP contribution in [-0.4, -0.2) is 26.7 Å². The number of hydrogen-bond donors (Lipinski definition) is 2. The maximum Gasteiger partial charge on any atom is 0.242 e. The first-order valence-corrected chi connectivity index (χ1v) is 8.53. The fourth-order valence-corrected chi connectivity index (χ4v) is 3.18. The molecule has 0 saturated carbocycles. The minimum atomic E-state index is -3.64. The van der Waals surface area contributed by atoms with Gasteiger partial charge in [-0.15, -0.1) is 0 Å². The number of halogens is 1. The summed E-state index contributed by atoms with van der Waals surface area (Å²) in [7, 11) is -3.64. The number of nitrogens with one attached hydrogen (secondary N) is 1. The molecule has 1 rings (SSSR count). The molecule has 1 aromatic carbocycles. The van der Waals surface area contributed by atoms with Gasteiger partial charge in [-0.05, 0) is 30.0 Å². The van der Waals surface area contributed by atoms with Crippen LogP contribution in [0.5, 0.6) is 0 Å². The van der Waals surface area contributed by atoms with Gasteiger partial charge in [0.1, 0.15) is 11.5 Å². The lowest BCUT2D eigenvalue weighted by atomic mass is 9.99. The summed E-state index contributed by atoms with van der Waals surface area (Å²) < 4.78 is 27.0. The topological polar surface area (TPSA) is 66.4 Å².